The molecule has 3 aliphatic heterocycles. The maximum atomic E-state index is 14.6. The maximum absolute atomic E-state index is 14.6. The Morgan fingerprint density at radius 2 is 2.14 bits per heavy atom. The molecule has 37 heavy (non-hydrogen) atoms. The summed E-state index contributed by atoms with van der Waals surface area (Å²) in [5.41, 5.74) is 3.00. The summed E-state index contributed by atoms with van der Waals surface area (Å²) in [5.74, 6) is 0.436. The third kappa shape index (κ3) is 4.77. The molecular formula is C26H27ClFN5O3S. The van der Waals surface area contributed by atoms with Crippen LogP contribution in [0.5, 0.6) is 5.88 Å². The summed E-state index contributed by atoms with van der Waals surface area (Å²) in [5, 5.41) is 17.9. The molecule has 194 valence electrons. The molecule has 2 aromatic heterocycles. The molecule has 4 aliphatic rings. The highest BCUT2D eigenvalue weighted by atomic mass is 35.5. The van der Waals surface area contributed by atoms with Gasteiger partial charge >= 0.3 is 0 Å². The average molecular weight is 544 g/mol. The Labute approximate surface area is 222 Å². The summed E-state index contributed by atoms with van der Waals surface area (Å²) in [6.45, 7) is 0.856. The lowest BCUT2D eigenvalue weighted by atomic mass is 9.76. The van der Waals surface area contributed by atoms with Crippen molar-refractivity contribution >= 4 is 46.0 Å². The molecule has 1 aromatic carbocycles. The predicted octanol–water partition coefficient (Wildman–Crippen LogP) is 3.90. The highest BCUT2D eigenvalue weighted by molar-refractivity contribution is 8.00. The fourth-order valence-electron chi connectivity index (χ4n) is 5.73. The molecule has 2 saturated heterocycles. The van der Waals surface area contributed by atoms with Crippen LogP contribution in [0.25, 0.3) is 11.0 Å². The van der Waals surface area contributed by atoms with Crippen LogP contribution in [-0.2, 0) is 11.3 Å². The van der Waals surface area contributed by atoms with Gasteiger partial charge in [-0.25, -0.2) is 9.37 Å². The van der Waals surface area contributed by atoms with Gasteiger partial charge in [-0.15, -0.1) is 11.8 Å². The van der Waals surface area contributed by atoms with Crippen molar-refractivity contribution in [2.75, 3.05) is 24.7 Å². The number of halogens is 2. The van der Waals surface area contributed by atoms with Crippen LogP contribution in [0, 0.1) is 5.82 Å². The van der Waals surface area contributed by atoms with E-state index in [9.17, 15) is 14.3 Å². The topological polar surface area (TPSA) is 99.6 Å². The molecule has 3 atom stereocenters. The van der Waals surface area contributed by atoms with Gasteiger partial charge in [0.2, 0.25) is 11.8 Å². The number of piperidine rings is 1. The normalized spacial score (nSPS) is 23.8. The summed E-state index contributed by atoms with van der Waals surface area (Å²) >= 11 is 7.82. The maximum Gasteiger partial charge on any atom is 0.234 e. The molecule has 5 heterocycles. The third-order valence-corrected chi connectivity index (χ3v) is 8.92. The number of benzene rings is 1. The van der Waals surface area contributed by atoms with E-state index in [1.54, 1.807) is 31.5 Å². The molecule has 0 radical (unpaired) electrons. The number of rotatable bonds is 7. The summed E-state index contributed by atoms with van der Waals surface area (Å²) in [4.78, 5) is 23.6. The second kappa shape index (κ2) is 9.99. The number of pyridine rings is 2. The van der Waals surface area contributed by atoms with Gasteiger partial charge in [0.05, 0.1) is 35.2 Å². The van der Waals surface area contributed by atoms with Crippen molar-refractivity contribution in [2.45, 2.75) is 54.9 Å². The molecule has 1 aliphatic carbocycles. The lowest BCUT2D eigenvalue weighted by Gasteiger charge is -2.56. The molecule has 3 unspecified atom stereocenters. The number of hydrogen-bond donors (Lipinski definition) is 3. The second-order valence-corrected chi connectivity index (χ2v) is 11.2. The SMILES string of the molecule is COc1ccc2ncc(Cl)c(C(O)CN3C4CC(NCc5cc6c(cc5F)SCC(=O)N6)CC3C4)c2n1. The van der Waals surface area contributed by atoms with E-state index in [-0.39, 0.29) is 17.8 Å². The minimum atomic E-state index is -0.815. The van der Waals surface area contributed by atoms with Gasteiger partial charge in [-0.3, -0.25) is 14.7 Å². The van der Waals surface area contributed by atoms with Gasteiger partial charge in [0.1, 0.15) is 11.3 Å². The van der Waals surface area contributed by atoms with Crippen molar-refractivity contribution in [3.8, 4) is 5.88 Å². The molecule has 11 heteroatoms. The monoisotopic (exact) mass is 543 g/mol. The van der Waals surface area contributed by atoms with Crippen LogP contribution >= 0.6 is 23.4 Å². The van der Waals surface area contributed by atoms with Gasteiger partial charge in [-0.1, -0.05) is 11.6 Å². The van der Waals surface area contributed by atoms with Crippen LogP contribution < -0.4 is 15.4 Å². The number of amides is 1. The molecule has 0 spiro atoms. The Hall–Kier alpha value is -2.50. The lowest BCUT2D eigenvalue weighted by Crippen LogP contribution is -2.64. The summed E-state index contributed by atoms with van der Waals surface area (Å²) in [6, 6.07) is 7.72. The van der Waals surface area contributed by atoms with E-state index in [0.29, 0.717) is 69.7 Å². The van der Waals surface area contributed by atoms with Crippen LogP contribution in [-0.4, -0.2) is 63.4 Å². The number of methoxy groups -OCH3 is 1. The Bertz CT molecular complexity index is 1370. The van der Waals surface area contributed by atoms with Crippen LogP contribution in [0.15, 0.2) is 35.4 Å². The molecule has 8 nitrogen and oxygen atoms in total. The third-order valence-electron chi connectivity index (χ3n) is 7.56. The predicted molar refractivity (Wildman–Crippen MR) is 141 cm³/mol. The number of hydrogen-bond acceptors (Lipinski definition) is 8. The number of anilines is 1. The molecule has 2 bridgehead atoms. The van der Waals surface area contributed by atoms with Crippen molar-refractivity contribution in [1.82, 2.24) is 20.2 Å². The number of aliphatic hydroxyl groups is 1. The number of aromatic nitrogens is 2. The van der Waals surface area contributed by atoms with Crippen molar-refractivity contribution in [3.05, 3.63) is 52.4 Å². The minimum Gasteiger partial charge on any atom is -0.481 e. The molecule has 3 N–H and O–H groups in total. The molecule has 1 saturated carbocycles. The van der Waals surface area contributed by atoms with Gasteiger partial charge in [0, 0.05) is 59.5 Å². The molecule has 3 aromatic rings. The number of ether oxygens (including phenoxy) is 1. The van der Waals surface area contributed by atoms with E-state index in [0.717, 1.165) is 24.2 Å². The van der Waals surface area contributed by atoms with Crippen molar-refractivity contribution in [1.29, 1.82) is 0 Å². The van der Waals surface area contributed by atoms with Gasteiger partial charge in [0.25, 0.3) is 0 Å². The highest BCUT2D eigenvalue weighted by Gasteiger charge is 2.45. The largest absolute Gasteiger partial charge is 0.481 e. The number of carbonyl (C=O) groups excluding carboxylic acids is 1. The fraction of sp³-hybridized carbons (Fsp3) is 0.423. The first-order chi connectivity index (χ1) is 17.9. The molecule has 1 amide bonds. The first kappa shape index (κ1) is 24.8. The highest BCUT2D eigenvalue weighted by Crippen LogP contribution is 2.41. The zero-order valence-corrected chi connectivity index (χ0v) is 21.8. The van der Waals surface area contributed by atoms with Gasteiger partial charge in [-0.2, -0.15) is 0 Å². The van der Waals surface area contributed by atoms with E-state index in [1.165, 1.54) is 17.8 Å². The van der Waals surface area contributed by atoms with Crippen molar-refractivity contribution in [2.24, 2.45) is 0 Å². The molecule has 7 rings (SSSR count). The van der Waals surface area contributed by atoms with E-state index < -0.39 is 6.10 Å². The quantitative estimate of drug-likeness (QED) is 0.412. The van der Waals surface area contributed by atoms with E-state index >= 15 is 0 Å². The van der Waals surface area contributed by atoms with Crippen LogP contribution in [0.3, 0.4) is 0 Å². The Balaban J connectivity index is 1.10. The summed E-state index contributed by atoms with van der Waals surface area (Å²) < 4.78 is 19.9. The number of thioether (sulfide) groups is 1. The summed E-state index contributed by atoms with van der Waals surface area (Å²) in [6.07, 6.45) is 3.65. The van der Waals surface area contributed by atoms with Crippen LogP contribution in [0.2, 0.25) is 5.02 Å². The number of nitrogens with zero attached hydrogens (tertiary/aromatic N) is 3. The Morgan fingerprint density at radius 1 is 1.32 bits per heavy atom. The standard InChI is InChI=1S/C26H27ClFN5O3S/c1-36-24-3-2-19-26(32-24)25(17(27)10-30-19)21(34)11-33-15-5-14(6-16(33)7-15)29-9-13-4-20-22(8-18(13)28)37-12-23(35)31-20/h2-4,8,10,14-16,21,29,34H,5-7,9,11-12H2,1H3,(H,31,35). The molecular weight excluding hydrogens is 517 g/mol. The lowest BCUT2D eigenvalue weighted by molar-refractivity contribution is -0.113. The zero-order chi connectivity index (χ0) is 25.7. The first-order valence-electron chi connectivity index (χ1n) is 12.3. The van der Waals surface area contributed by atoms with E-state index in [1.807, 2.05) is 0 Å². The number of aliphatic hydroxyl groups excluding tert-OH is 1. The van der Waals surface area contributed by atoms with Gasteiger partial charge < -0.3 is 20.5 Å². The van der Waals surface area contributed by atoms with Crippen LogP contribution in [0.4, 0.5) is 10.1 Å². The van der Waals surface area contributed by atoms with Crippen molar-refractivity contribution < 1.29 is 19.0 Å². The minimum absolute atomic E-state index is 0.0615. The Kier molecular flexibility index (Phi) is 6.70. The fourth-order valence-corrected chi connectivity index (χ4v) is 6.80. The second-order valence-electron chi connectivity index (χ2n) is 9.82. The Morgan fingerprint density at radius 3 is 2.92 bits per heavy atom. The molecule has 3 fully saturated rings. The summed E-state index contributed by atoms with van der Waals surface area (Å²) in [7, 11) is 1.55. The van der Waals surface area contributed by atoms with Gasteiger partial charge in [0.15, 0.2) is 0 Å². The number of nitrogens with one attached hydrogen (secondary N) is 2. The van der Waals surface area contributed by atoms with Gasteiger partial charge in [-0.05, 0) is 37.5 Å². The number of fused-ring (bicyclic) bond motifs is 4. The van der Waals surface area contributed by atoms with E-state index in [2.05, 4.69) is 25.5 Å². The van der Waals surface area contributed by atoms with Crippen LogP contribution in [0.1, 0.15) is 36.5 Å². The van der Waals surface area contributed by atoms with E-state index in [4.69, 9.17) is 16.3 Å². The van der Waals surface area contributed by atoms with Crippen molar-refractivity contribution in [3.63, 3.8) is 0 Å². The average Bonchev–Trinajstić information content (AvgIpc) is 2.90. The first-order valence-corrected chi connectivity index (χ1v) is 13.7. The number of carbonyl (C=O) groups is 1. The zero-order valence-electron chi connectivity index (χ0n) is 20.2. The smallest absolute Gasteiger partial charge is 0.234 e.